The van der Waals surface area contributed by atoms with E-state index in [1.54, 1.807) is 33.9 Å². The highest BCUT2D eigenvalue weighted by molar-refractivity contribution is 6.01. The van der Waals surface area contributed by atoms with Crippen LogP contribution in [0, 0.1) is 10.1 Å². The van der Waals surface area contributed by atoms with Crippen molar-refractivity contribution in [2.75, 3.05) is 19.6 Å². The minimum Gasteiger partial charge on any atom is -0.508 e. The number of carbonyl (C=O) groups is 2. The minimum absolute atomic E-state index is 0.120. The second-order valence-corrected chi connectivity index (χ2v) is 9.31. The molecule has 0 spiro atoms. The highest BCUT2D eigenvalue weighted by Crippen LogP contribution is 2.35. The number of nitro benzene ring substituents is 1. The molecule has 0 radical (unpaired) electrons. The zero-order valence-electron chi connectivity index (χ0n) is 20.9. The monoisotopic (exact) mass is 526 g/mol. The molecule has 5 rings (SSSR count). The molecule has 1 aliphatic rings. The van der Waals surface area contributed by atoms with Gasteiger partial charge in [-0.15, -0.1) is 0 Å². The molecule has 0 aliphatic carbocycles. The Morgan fingerprint density at radius 3 is 2.31 bits per heavy atom. The van der Waals surface area contributed by atoms with Gasteiger partial charge in [0.1, 0.15) is 11.4 Å². The molecule has 2 amide bonds. The fourth-order valence-electron chi connectivity index (χ4n) is 5.07. The van der Waals surface area contributed by atoms with Gasteiger partial charge >= 0.3 is 6.09 Å². The van der Waals surface area contributed by atoms with E-state index >= 15 is 0 Å². The lowest BCUT2D eigenvalue weighted by atomic mass is 10.00. The summed E-state index contributed by atoms with van der Waals surface area (Å²) in [7, 11) is 0. The Kier molecular flexibility index (Phi) is 7.00. The molecule has 1 aliphatic heterocycles. The number of nitro groups is 1. The zero-order valence-corrected chi connectivity index (χ0v) is 20.9. The Morgan fingerprint density at radius 1 is 0.949 bits per heavy atom. The van der Waals surface area contributed by atoms with Crippen LogP contribution in [0.1, 0.15) is 15.9 Å². The summed E-state index contributed by atoms with van der Waals surface area (Å²) in [5, 5.41) is 31.6. The topological polar surface area (TPSA) is 129 Å². The first-order chi connectivity index (χ1) is 18.8. The number of nitrogens with zero attached hydrogens (tertiary/aromatic N) is 4. The van der Waals surface area contributed by atoms with Crippen molar-refractivity contribution in [3.05, 3.63) is 112 Å². The SMILES string of the molecule is O=C(O)N1CCN(C(=O)c2ccn(-c3cc(O)ccc3[N+](=O)[O-])c2-c2ccccc2)[C@H](Cc2ccccc2)C1. The number of aromatic hydroxyl groups is 1. The first kappa shape index (κ1) is 25.5. The third kappa shape index (κ3) is 5.17. The Labute approximate surface area is 224 Å². The van der Waals surface area contributed by atoms with E-state index in [9.17, 15) is 29.9 Å². The Hall–Kier alpha value is -5.12. The van der Waals surface area contributed by atoms with Crippen molar-refractivity contribution in [2.45, 2.75) is 12.5 Å². The number of phenols is 1. The van der Waals surface area contributed by atoms with Crippen LogP contribution in [0.25, 0.3) is 16.9 Å². The molecular formula is C29H26N4O6. The normalized spacial score (nSPS) is 15.2. The fraction of sp³-hybridized carbons (Fsp3) is 0.172. The Bertz CT molecular complexity index is 1520. The van der Waals surface area contributed by atoms with Gasteiger partial charge in [0.25, 0.3) is 11.6 Å². The fourth-order valence-corrected chi connectivity index (χ4v) is 5.07. The molecule has 10 heteroatoms. The van der Waals surface area contributed by atoms with Crippen LogP contribution in [0.5, 0.6) is 5.75 Å². The molecule has 10 nitrogen and oxygen atoms in total. The predicted molar refractivity (Wildman–Crippen MR) is 144 cm³/mol. The number of aromatic nitrogens is 1. The van der Waals surface area contributed by atoms with Crippen molar-refractivity contribution in [3.8, 4) is 22.7 Å². The van der Waals surface area contributed by atoms with Gasteiger partial charge in [0.15, 0.2) is 0 Å². The first-order valence-electron chi connectivity index (χ1n) is 12.4. The number of carboxylic acid groups (broad SMARTS) is 1. The number of piperazine rings is 1. The quantitative estimate of drug-likeness (QED) is 0.274. The smallest absolute Gasteiger partial charge is 0.407 e. The van der Waals surface area contributed by atoms with E-state index in [0.29, 0.717) is 23.2 Å². The van der Waals surface area contributed by atoms with Gasteiger partial charge in [0, 0.05) is 38.0 Å². The number of amides is 2. The number of carbonyl (C=O) groups excluding carboxylic acids is 1. The standard InChI is InChI=1S/C29H26N4O6/c34-23-11-12-25(33(38)39)26(18-23)32-14-13-24(27(32)21-9-5-2-6-10-21)28(35)31-16-15-30(29(36)37)19-22(31)17-20-7-3-1-4-8-20/h1-14,18,22,34H,15-17,19H2,(H,36,37)/t22-/m1/s1. The van der Waals surface area contributed by atoms with E-state index in [1.165, 1.54) is 23.1 Å². The van der Waals surface area contributed by atoms with Crippen LogP contribution in [0.4, 0.5) is 10.5 Å². The molecule has 0 unspecified atom stereocenters. The Morgan fingerprint density at radius 2 is 1.64 bits per heavy atom. The van der Waals surface area contributed by atoms with Crippen LogP contribution in [-0.4, -0.2) is 67.2 Å². The van der Waals surface area contributed by atoms with Gasteiger partial charge in [-0.05, 0) is 29.7 Å². The molecular weight excluding hydrogens is 500 g/mol. The van der Waals surface area contributed by atoms with E-state index in [-0.39, 0.29) is 42.7 Å². The van der Waals surface area contributed by atoms with Crippen LogP contribution < -0.4 is 0 Å². The highest BCUT2D eigenvalue weighted by atomic mass is 16.6. The third-order valence-corrected chi connectivity index (χ3v) is 6.91. The van der Waals surface area contributed by atoms with E-state index in [0.717, 1.165) is 5.56 Å². The lowest BCUT2D eigenvalue weighted by Crippen LogP contribution is -2.57. The number of phenolic OH excluding ortho intramolecular Hbond substituents is 1. The summed E-state index contributed by atoms with van der Waals surface area (Å²) in [6, 6.07) is 23.6. The van der Waals surface area contributed by atoms with Gasteiger partial charge in [-0.1, -0.05) is 60.7 Å². The molecule has 3 aromatic carbocycles. The molecule has 198 valence electrons. The van der Waals surface area contributed by atoms with Gasteiger partial charge < -0.3 is 24.6 Å². The molecule has 4 aromatic rings. The van der Waals surface area contributed by atoms with Crippen molar-refractivity contribution < 1.29 is 24.7 Å². The maximum atomic E-state index is 14.2. The van der Waals surface area contributed by atoms with Crippen LogP contribution in [0.15, 0.2) is 91.1 Å². The van der Waals surface area contributed by atoms with Crippen molar-refractivity contribution in [1.82, 2.24) is 14.4 Å². The van der Waals surface area contributed by atoms with Crippen molar-refractivity contribution >= 4 is 17.7 Å². The summed E-state index contributed by atoms with van der Waals surface area (Å²) in [5.74, 6) is -0.453. The maximum absolute atomic E-state index is 14.2. The average molecular weight is 527 g/mol. The maximum Gasteiger partial charge on any atom is 0.407 e. The van der Waals surface area contributed by atoms with Crippen molar-refractivity contribution in [2.24, 2.45) is 0 Å². The highest BCUT2D eigenvalue weighted by Gasteiger charge is 2.35. The van der Waals surface area contributed by atoms with Gasteiger partial charge in [-0.2, -0.15) is 0 Å². The molecule has 1 atom stereocenters. The number of hydrogen-bond acceptors (Lipinski definition) is 5. The second kappa shape index (κ2) is 10.7. The second-order valence-electron chi connectivity index (χ2n) is 9.31. The number of rotatable bonds is 6. The van der Waals surface area contributed by atoms with Crippen LogP contribution in [-0.2, 0) is 6.42 Å². The summed E-state index contributed by atoms with van der Waals surface area (Å²) < 4.78 is 1.54. The number of benzene rings is 3. The summed E-state index contributed by atoms with van der Waals surface area (Å²) >= 11 is 0. The van der Waals surface area contributed by atoms with Gasteiger partial charge in [-0.25, -0.2) is 4.79 Å². The summed E-state index contributed by atoms with van der Waals surface area (Å²) in [5.41, 5.74) is 2.29. The molecule has 39 heavy (non-hydrogen) atoms. The number of hydrogen-bond donors (Lipinski definition) is 2. The third-order valence-electron chi connectivity index (χ3n) is 6.91. The molecule has 1 fully saturated rings. The molecule has 1 saturated heterocycles. The van der Waals surface area contributed by atoms with Gasteiger partial charge in [0.2, 0.25) is 0 Å². The lowest BCUT2D eigenvalue weighted by Gasteiger charge is -2.40. The first-order valence-corrected chi connectivity index (χ1v) is 12.4. The largest absolute Gasteiger partial charge is 0.508 e. The predicted octanol–water partition coefficient (Wildman–Crippen LogP) is 4.81. The Balaban J connectivity index is 1.60. The van der Waals surface area contributed by atoms with Crippen LogP contribution in [0.2, 0.25) is 0 Å². The lowest BCUT2D eigenvalue weighted by molar-refractivity contribution is -0.384. The van der Waals surface area contributed by atoms with Crippen LogP contribution >= 0.6 is 0 Å². The van der Waals surface area contributed by atoms with E-state index < -0.39 is 17.1 Å². The molecule has 0 saturated carbocycles. The van der Waals surface area contributed by atoms with Crippen molar-refractivity contribution in [1.29, 1.82) is 0 Å². The van der Waals surface area contributed by atoms with Crippen LogP contribution in [0.3, 0.4) is 0 Å². The van der Waals surface area contributed by atoms with Crippen molar-refractivity contribution in [3.63, 3.8) is 0 Å². The minimum atomic E-state index is -1.03. The van der Waals surface area contributed by atoms with E-state index in [2.05, 4.69) is 0 Å². The molecule has 0 bridgehead atoms. The van der Waals surface area contributed by atoms with E-state index in [4.69, 9.17) is 0 Å². The van der Waals surface area contributed by atoms with Gasteiger partial charge in [-0.3, -0.25) is 14.9 Å². The summed E-state index contributed by atoms with van der Waals surface area (Å²) in [6.45, 7) is 0.537. The molecule has 2 heterocycles. The van der Waals surface area contributed by atoms with Gasteiger partial charge in [0.05, 0.1) is 22.2 Å². The summed E-state index contributed by atoms with van der Waals surface area (Å²) in [6.07, 6.45) is 1.01. The average Bonchev–Trinajstić information content (AvgIpc) is 3.38. The summed E-state index contributed by atoms with van der Waals surface area (Å²) in [4.78, 5) is 40.2. The zero-order chi connectivity index (χ0) is 27.5. The molecule has 1 aromatic heterocycles. The van der Waals surface area contributed by atoms with E-state index in [1.807, 2.05) is 48.5 Å². The molecule has 2 N–H and O–H groups in total.